The summed E-state index contributed by atoms with van der Waals surface area (Å²) in [6.07, 6.45) is 0. The van der Waals surface area contributed by atoms with Crippen LogP contribution in [0.2, 0.25) is 10.0 Å². The Morgan fingerprint density at radius 2 is 1.71 bits per heavy atom. The number of carboxylic acids is 1. The third-order valence-electron chi connectivity index (χ3n) is 2.54. The molecular formula is C14H8Cl2F2O3. The summed E-state index contributed by atoms with van der Waals surface area (Å²) in [5.41, 5.74) is -0.0285. The molecule has 0 saturated carbocycles. The van der Waals surface area contributed by atoms with Gasteiger partial charge in [0.1, 0.15) is 23.8 Å². The van der Waals surface area contributed by atoms with Gasteiger partial charge in [0.05, 0.1) is 5.02 Å². The number of benzene rings is 2. The molecule has 0 aliphatic carbocycles. The molecule has 0 atom stereocenters. The van der Waals surface area contributed by atoms with Gasteiger partial charge in [-0.25, -0.2) is 13.6 Å². The highest BCUT2D eigenvalue weighted by Gasteiger charge is 2.17. The molecule has 0 fully saturated rings. The maximum atomic E-state index is 13.1. The monoisotopic (exact) mass is 332 g/mol. The quantitative estimate of drug-likeness (QED) is 0.893. The topological polar surface area (TPSA) is 46.5 Å². The van der Waals surface area contributed by atoms with Crippen LogP contribution in [0.3, 0.4) is 0 Å². The smallest absolute Gasteiger partial charge is 0.339 e. The third kappa shape index (κ3) is 3.83. The minimum Gasteiger partial charge on any atom is -0.486 e. The Bertz CT molecular complexity index is 685. The Morgan fingerprint density at radius 3 is 2.29 bits per heavy atom. The van der Waals surface area contributed by atoms with Crippen LogP contribution in [0.5, 0.6) is 5.75 Å². The predicted octanol–water partition coefficient (Wildman–Crippen LogP) is 4.55. The van der Waals surface area contributed by atoms with Crippen LogP contribution in [0.4, 0.5) is 8.78 Å². The molecule has 0 saturated heterocycles. The summed E-state index contributed by atoms with van der Waals surface area (Å²) in [6, 6.07) is 5.37. The fourth-order valence-electron chi connectivity index (χ4n) is 1.72. The van der Waals surface area contributed by atoms with Crippen LogP contribution in [0.25, 0.3) is 0 Å². The molecule has 0 spiro atoms. The van der Waals surface area contributed by atoms with Gasteiger partial charge in [-0.3, -0.25) is 0 Å². The fraction of sp³-hybridized carbons (Fsp3) is 0.0714. The zero-order chi connectivity index (χ0) is 15.6. The van der Waals surface area contributed by atoms with E-state index in [1.807, 2.05) is 0 Å². The SMILES string of the molecule is O=C(O)c1cc(Cl)cc(Cl)c1OCc1cc(F)cc(F)c1. The standard InChI is InChI=1S/C14H8Cl2F2O3/c15-8-3-11(14(19)20)13(12(16)4-8)21-6-7-1-9(17)5-10(18)2-7/h1-5H,6H2,(H,19,20). The van der Waals surface area contributed by atoms with E-state index in [0.29, 0.717) is 0 Å². The van der Waals surface area contributed by atoms with Crippen molar-refractivity contribution < 1.29 is 23.4 Å². The van der Waals surface area contributed by atoms with E-state index in [9.17, 15) is 13.6 Å². The van der Waals surface area contributed by atoms with Crippen molar-refractivity contribution in [3.8, 4) is 5.75 Å². The zero-order valence-corrected chi connectivity index (χ0v) is 11.9. The molecule has 7 heteroatoms. The van der Waals surface area contributed by atoms with Crippen molar-refractivity contribution in [1.82, 2.24) is 0 Å². The van der Waals surface area contributed by atoms with Crippen molar-refractivity contribution in [2.24, 2.45) is 0 Å². The van der Waals surface area contributed by atoms with Gasteiger partial charge >= 0.3 is 5.97 Å². The third-order valence-corrected chi connectivity index (χ3v) is 3.04. The summed E-state index contributed by atoms with van der Waals surface area (Å²) in [7, 11) is 0. The number of aromatic carboxylic acids is 1. The number of rotatable bonds is 4. The van der Waals surface area contributed by atoms with Crippen molar-refractivity contribution in [2.75, 3.05) is 0 Å². The summed E-state index contributed by atoms with van der Waals surface area (Å²) in [6.45, 7) is -0.240. The van der Waals surface area contributed by atoms with Crippen LogP contribution in [0.1, 0.15) is 15.9 Å². The van der Waals surface area contributed by atoms with Gasteiger partial charge in [0.25, 0.3) is 0 Å². The lowest BCUT2D eigenvalue weighted by Crippen LogP contribution is -2.04. The summed E-state index contributed by atoms with van der Waals surface area (Å²) in [5, 5.41) is 9.22. The van der Waals surface area contributed by atoms with Gasteiger partial charge < -0.3 is 9.84 Å². The molecule has 0 unspecified atom stereocenters. The predicted molar refractivity (Wildman–Crippen MR) is 74.1 cm³/mol. The van der Waals surface area contributed by atoms with Gasteiger partial charge in [-0.15, -0.1) is 0 Å². The molecular weight excluding hydrogens is 325 g/mol. The van der Waals surface area contributed by atoms with E-state index in [-0.39, 0.29) is 33.5 Å². The average Bonchev–Trinajstić information content (AvgIpc) is 2.35. The number of carbonyl (C=O) groups is 1. The molecule has 110 valence electrons. The second-order valence-corrected chi connectivity index (χ2v) is 4.98. The van der Waals surface area contributed by atoms with Crippen molar-refractivity contribution in [3.63, 3.8) is 0 Å². The highest BCUT2D eigenvalue weighted by Crippen LogP contribution is 2.33. The Morgan fingerprint density at radius 1 is 1.10 bits per heavy atom. The van der Waals surface area contributed by atoms with E-state index in [4.69, 9.17) is 33.0 Å². The Kier molecular flexibility index (Phi) is 4.65. The number of hydrogen-bond acceptors (Lipinski definition) is 2. The van der Waals surface area contributed by atoms with Crippen molar-refractivity contribution >= 4 is 29.2 Å². The van der Waals surface area contributed by atoms with Gasteiger partial charge in [0.2, 0.25) is 0 Å². The van der Waals surface area contributed by atoms with E-state index in [2.05, 4.69) is 0 Å². The molecule has 3 nitrogen and oxygen atoms in total. The van der Waals surface area contributed by atoms with E-state index in [1.54, 1.807) is 0 Å². The lowest BCUT2D eigenvalue weighted by Gasteiger charge is -2.11. The first-order valence-corrected chi connectivity index (χ1v) is 6.42. The Hall–Kier alpha value is -1.85. The van der Waals surface area contributed by atoms with Crippen LogP contribution in [0.15, 0.2) is 30.3 Å². The van der Waals surface area contributed by atoms with Crippen molar-refractivity contribution in [2.45, 2.75) is 6.61 Å². The molecule has 2 aromatic carbocycles. The lowest BCUT2D eigenvalue weighted by molar-refractivity contribution is 0.0691. The normalized spacial score (nSPS) is 10.5. The van der Waals surface area contributed by atoms with Crippen LogP contribution < -0.4 is 4.74 Å². The average molecular weight is 333 g/mol. The second-order valence-electron chi connectivity index (χ2n) is 4.14. The summed E-state index contributed by atoms with van der Waals surface area (Å²) >= 11 is 11.6. The van der Waals surface area contributed by atoms with E-state index in [1.165, 1.54) is 12.1 Å². The molecule has 1 N–H and O–H groups in total. The number of ether oxygens (including phenoxy) is 1. The van der Waals surface area contributed by atoms with Crippen LogP contribution in [0, 0.1) is 11.6 Å². The van der Waals surface area contributed by atoms with Gasteiger partial charge in [-0.1, -0.05) is 23.2 Å². The number of halogens is 4. The maximum Gasteiger partial charge on any atom is 0.339 e. The van der Waals surface area contributed by atoms with Crippen molar-refractivity contribution in [3.05, 3.63) is 63.1 Å². The molecule has 0 amide bonds. The maximum absolute atomic E-state index is 13.1. The zero-order valence-electron chi connectivity index (χ0n) is 10.4. The first-order chi connectivity index (χ1) is 9.86. The first-order valence-electron chi connectivity index (χ1n) is 5.67. The van der Waals surface area contributed by atoms with Crippen LogP contribution in [-0.4, -0.2) is 11.1 Å². The number of hydrogen-bond donors (Lipinski definition) is 1. The molecule has 0 aliphatic heterocycles. The minimum atomic E-state index is -1.28. The molecule has 2 aromatic rings. The largest absolute Gasteiger partial charge is 0.486 e. The minimum absolute atomic E-state index is 0.00299. The van der Waals surface area contributed by atoms with E-state index < -0.39 is 17.6 Å². The van der Waals surface area contributed by atoms with Gasteiger partial charge in [-0.05, 0) is 29.8 Å². The van der Waals surface area contributed by atoms with E-state index >= 15 is 0 Å². The fourth-order valence-corrected chi connectivity index (χ4v) is 2.26. The summed E-state index contributed by atoms with van der Waals surface area (Å²) < 4.78 is 31.4. The Balaban J connectivity index is 2.29. The molecule has 0 aliphatic rings. The van der Waals surface area contributed by atoms with Crippen LogP contribution in [-0.2, 0) is 6.61 Å². The highest BCUT2D eigenvalue weighted by molar-refractivity contribution is 6.36. The molecule has 0 radical (unpaired) electrons. The van der Waals surface area contributed by atoms with Gasteiger partial charge in [0, 0.05) is 11.1 Å². The van der Waals surface area contributed by atoms with Gasteiger partial charge in [0.15, 0.2) is 5.75 Å². The van der Waals surface area contributed by atoms with Gasteiger partial charge in [-0.2, -0.15) is 0 Å². The lowest BCUT2D eigenvalue weighted by atomic mass is 10.2. The van der Waals surface area contributed by atoms with Crippen LogP contribution >= 0.6 is 23.2 Å². The molecule has 2 rings (SSSR count). The molecule has 21 heavy (non-hydrogen) atoms. The molecule has 0 heterocycles. The summed E-state index contributed by atoms with van der Waals surface area (Å²) in [5.74, 6) is -2.90. The first kappa shape index (κ1) is 15.5. The number of carboxylic acid groups (broad SMARTS) is 1. The Labute approximate surface area is 128 Å². The van der Waals surface area contributed by atoms with E-state index in [0.717, 1.165) is 18.2 Å². The molecule has 0 aromatic heterocycles. The highest BCUT2D eigenvalue weighted by atomic mass is 35.5. The van der Waals surface area contributed by atoms with Crippen molar-refractivity contribution in [1.29, 1.82) is 0 Å². The molecule has 0 bridgehead atoms. The summed E-state index contributed by atoms with van der Waals surface area (Å²) in [4.78, 5) is 11.1. The second kappa shape index (κ2) is 6.28.